The fraction of sp³-hybridized carbons (Fsp3) is 0.533. The third-order valence-electron chi connectivity index (χ3n) is 2.94. The van der Waals surface area contributed by atoms with Gasteiger partial charge in [0.2, 0.25) is 5.91 Å². The molecule has 0 fully saturated rings. The van der Waals surface area contributed by atoms with Gasteiger partial charge >= 0.3 is 0 Å². The van der Waals surface area contributed by atoms with Crippen LogP contribution in [-0.2, 0) is 11.2 Å². The Kier molecular flexibility index (Phi) is 6.97. The van der Waals surface area contributed by atoms with Gasteiger partial charge in [0, 0.05) is 19.0 Å². The number of hydrogen-bond donors (Lipinski definition) is 2. The van der Waals surface area contributed by atoms with Gasteiger partial charge in [0.15, 0.2) is 0 Å². The minimum atomic E-state index is 0.0990. The maximum absolute atomic E-state index is 11.6. The molecule has 0 heterocycles. The molecule has 4 heteroatoms. The average Bonchev–Trinajstić information content (AvgIpc) is 2.39. The first kappa shape index (κ1) is 15.5. The molecule has 1 aromatic carbocycles. The second-order valence-electron chi connectivity index (χ2n) is 4.61. The fourth-order valence-electron chi connectivity index (χ4n) is 1.91. The molecule has 0 saturated heterocycles. The Morgan fingerprint density at radius 3 is 2.58 bits per heavy atom. The number of ether oxygens (including phenoxy) is 1. The number of benzene rings is 1. The summed E-state index contributed by atoms with van der Waals surface area (Å²) in [4.78, 5) is 11.6. The van der Waals surface area contributed by atoms with Crippen molar-refractivity contribution in [1.29, 1.82) is 0 Å². The van der Waals surface area contributed by atoms with Crippen LogP contribution in [0.5, 0.6) is 5.75 Å². The number of carbonyl (C=O) groups is 1. The van der Waals surface area contributed by atoms with Gasteiger partial charge in [-0.25, -0.2) is 0 Å². The van der Waals surface area contributed by atoms with Gasteiger partial charge in [-0.15, -0.1) is 0 Å². The van der Waals surface area contributed by atoms with Crippen molar-refractivity contribution >= 4 is 5.91 Å². The van der Waals surface area contributed by atoms with Gasteiger partial charge in [-0.2, -0.15) is 0 Å². The van der Waals surface area contributed by atoms with Crippen molar-refractivity contribution in [3.8, 4) is 5.75 Å². The van der Waals surface area contributed by atoms with Crippen molar-refractivity contribution in [3.05, 3.63) is 29.8 Å². The second-order valence-corrected chi connectivity index (χ2v) is 4.61. The van der Waals surface area contributed by atoms with Crippen LogP contribution in [0.15, 0.2) is 24.3 Å². The molecule has 1 aromatic rings. The molecule has 2 N–H and O–H groups in total. The fourth-order valence-corrected chi connectivity index (χ4v) is 1.91. The topological polar surface area (TPSA) is 50.4 Å². The highest BCUT2D eigenvalue weighted by Crippen LogP contribution is 2.11. The molecule has 106 valence electrons. The van der Waals surface area contributed by atoms with Crippen LogP contribution in [0.1, 0.15) is 25.8 Å². The lowest BCUT2D eigenvalue weighted by atomic mass is 10.1. The second kappa shape index (κ2) is 8.53. The molecule has 19 heavy (non-hydrogen) atoms. The molecule has 0 aliphatic heterocycles. The predicted octanol–water partition coefficient (Wildman–Crippen LogP) is 1.74. The van der Waals surface area contributed by atoms with Crippen LogP contribution in [0.2, 0.25) is 0 Å². The number of amides is 1. The van der Waals surface area contributed by atoms with Crippen molar-refractivity contribution in [1.82, 2.24) is 10.6 Å². The Labute approximate surface area is 115 Å². The number of methoxy groups -OCH3 is 1. The largest absolute Gasteiger partial charge is 0.497 e. The van der Waals surface area contributed by atoms with E-state index in [9.17, 15) is 4.79 Å². The zero-order valence-corrected chi connectivity index (χ0v) is 12.0. The van der Waals surface area contributed by atoms with E-state index in [4.69, 9.17) is 4.74 Å². The summed E-state index contributed by atoms with van der Waals surface area (Å²) in [6, 6.07) is 8.14. The minimum Gasteiger partial charge on any atom is -0.497 e. The highest BCUT2D eigenvalue weighted by atomic mass is 16.5. The predicted molar refractivity (Wildman–Crippen MR) is 77.5 cm³/mol. The van der Waals surface area contributed by atoms with E-state index in [0.29, 0.717) is 13.0 Å². The lowest BCUT2D eigenvalue weighted by Gasteiger charge is -2.12. The standard InChI is InChI=1S/C15H24N2O2/c1-4-16-12(2)11-15(18)17-10-9-13-5-7-14(19-3)8-6-13/h5-8,12,16H,4,9-11H2,1-3H3,(H,17,18). The molecular weight excluding hydrogens is 240 g/mol. The van der Waals surface area contributed by atoms with E-state index in [2.05, 4.69) is 10.6 Å². The van der Waals surface area contributed by atoms with Gasteiger partial charge in [-0.1, -0.05) is 19.1 Å². The first-order valence-electron chi connectivity index (χ1n) is 6.78. The van der Waals surface area contributed by atoms with E-state index < -0.39 is 0 Å². The zero-order chi connectivity index (χ0) is 14.1. The van der Waals surface area contributed by atoms with Crippen LogP contribution in [-0.4, -0.2) is 32.1 Å². The number of hydrogen-bond acceptors (Lipinski definition) is 3. The highest BCUT2D eigenvalue weighted by molar-refractivity contribution is 5.76. The minimum absolute atomic E-state index is 0.0990. The average molecular weight is 264 g/mol. The molecule has 0 saturated carbocycles. The SMILES string of the molecule is CCNC(C)CC(=O)NCCc1ccc(OC)cc1. The maximum Gasteiger partial charge on any atom is 0.221 e. The summed E-state index contributed by atoms with van der Waals surface area (Å²) in [5.74, 6) is 0.953. The zero-order valence-electron chi connectivity index (χ0n) is 12.0. The summed E-state index contributed by atoms with van der Waals surface area (Å²) in [5.41, 5.74) is 1.20. The molecule has 1 rings (SSSR count). The molecule has 0 bridgehead atoms. The summed E-state index contributed by atoms with van der Waals surface area (Å²) in [5, 5.41) is 6.16. The molecule has 4 nitrogen and oxygen atoms in total. The molecule has 0 spiro atoms. The van der Waals surface area contributed by atoms with Crippen molar-refractivity contribution in [3.63, 3.8) is 0 Å². The van der Waals surface area contributed by atoms with E-state index in [1.165, 1.54) is 5.56 Å². The van der Waals surface area contributed by atoms with Crippen LogP contribution in [0.4, 0.5) is 0 Å². The molecule has 0 radical (unpaired) electrons. The van der Waals surface area contributed by atoms with Crippen molar-refractivity contribution in [2.24, 2.45) is 0 Å². The van der Waals surface area contributed by atoms with Crippen LogP contribution in [0, 0.1) is 0 Å². The van der Waals surface area contributed by atoms with Gasteiger partial charge < -0.3 is 15.4 Å². The Balaban J connectivity index is 2.23. The Bertz CT molecular complexity index is 376. The van der Waals surface area contributed by atoms with E-state index in [-0.39, 0.29) is 11.9 Å². The van der Waals surface area contributed by atoms with E-state index in [0.717, 1.165) is 18.7 Å². The van der Waals surface area contributed by atoms with E-state index >= 15 is 0 Å². The first-order chi connectivity index (χ1) is 9.15. The lowest BCUT2D eigenvalue weighted by molar-refractivity contribution is -0.121. The summed E-state index contributed by atoms with van der Waals surface area (Å²) in [6.07, 6.45) is 1.36. The normalized spacial score (nSPS) is 11.9. The van der Waals surface area contributed by atoms with Crippen LogP contribution >= 0.6 is 0 Å². The third-order valence-corrected chi connectivity index (χ3v) is 2.94. The first-order valence-corrected chi connectivity index (χ1v) is 6.78. The highest BCUT2D eigenvalue weighted by Gasteiger charge is 2.06. The quantitative estimate of drug-likeness (QED) is 0.752. The van der Waals surface area contributed by atoms with E-state index in [1.807, 2.05) is 38.1 Å². The number of rotatable bonds is 8. The van der Waals surface area contributed by atoms with Gasteiger partial charge in [-0.05, 0) is 37.6 Å². The number of nitrogens with one attached hydrogen (secondary N) is 2. The molecule has 0 aliphatic rings. The molecule has 0 aromatic heterocycles. The van der Waals surface area contributed by atoms with Gasteiger partial charge in [-0.3, -0.25) is 4.79 Å². The van der Waals surface area contributed by atoms with Crippen molar-refractivity contribution in [2.45, 2.75) is 32.7 Å². The van der Waals surface area contributed by atoms with Crippen LogP contribution < -0.4 is 15.4 Å². The monoisotopic (exact) mass is 264 g/mol. The lowest BCUT2D eigenvalue weighted by Crippen LogP contribution is -2.34. The van der Waals surface area contributed by atoms with E-state index in [1.54, 1.807) is 7.11 Å². The summed E-state index contributed by atoms with van der Waals surface area (Å²) >= 11 is 0. The van der Waals surface area contributed by atoms with Crippen LogP contribution in [0.3, 0.4) is 0 Å². The maximum atomic E-state index is 11.6. The summed E-state index contributed by atoms with van der Waals surface area (Å²) in [7, 11) is 1.65. The number of carbonyl (C=O) groups excluding carboxylic acids is 1. The van der Waals surface area contributed by atoms with Gasteiger partial charge in [0.1, 0.15) is 5.75 Å². The summed E-state index contributed by atoms with van der Waals surface area (Å²) in [6.45, 7) is 5.62. The Morgan fingerprint density at radius 1 is 1.32 bits per heavy atom. The molecule has 0 aliphatic carbocycles. The van der Waals surface area contributed by atoms with Crippen LogP contribution in [0.25, 0.3) is 0 Å². The molecular formula is C15H24N2O2. The van der Waals surface area contributed by atoms with Gasteiger partial charge in [0.05, 0.1) is 7.11 Å². The smallest absolute Gasteiger partial charge is 0.221 e. The molecule has 1 amide bonds. The molecule has 1 unspecified atom stereocenters. The van der Waals surface area contributed by atoms with Gasteiger partial charge in [0.25, 0.3) is 0 Å². The Hall–Kier alpha value is -1.55. The third kappa shape index (κ3) is 6.25. The summed E-state index contributed by atoms with van der Waals surface area (Å²) < 4.78 is 5.10. The Morgan fingerprint density at radius 2 is 2.00 bits per heavy atom. The molecule has 1 atom stereocenters. The van der Waals surface area contributed by atoms with Crippen molar-refractivity contribution < 1.29 is 9.53 Å². The van der Waals surface area contributed by atoms with Crippen molar-refractivity contribution in [2.75, 3.05) is 20.2 Å².